The number of amides is 2. The van der Waals surface area contributed by atoms with Crippen LogP contribution >= 0.6 is 0 Å². The van der Waals surface area contributed by atoms with Crippen LogP contribution in [0, 0.1) is 0 Å². The molecule has 1 heterocycles. The van der Waals surface area contributed by atoms with Crippen LogP contribution in [0.4, 0.5) is 0 Å². The van der Waals surface area contributed by atoms with E-state index in [0.717, 1.165) is 6.42 Å². The van der Waals surface area contributed by atoms with Crippen molar-refractivity contribution in [2.24, 2.45) is 5.73 Å². The second kappa shape index (κ2) is 3.93. The van der Waals surface area contributed by atoms with E-state index in [4.69, 9.17) is 10.5 Å². The highest BCUT2D eigenvalue weighted by Crippen LogP contribution is 2.08. The Bertz CT molecular complexity index is 260. The average molecular weight is 184 g/mol. The predicted octanol–water partition coefficient (Wildman–Crippen LogP) is -0.719. The Kier molecular flexibility index (Phi) is 2.89. The van der Waals surface area contributed by atoms with E-state index in [1.165, 1.54) is 6.92 Å². The van der Waals surface area contributed by atoms with Crippen molar-refractivity contribution in [1.29, 1.82) is 0 Å². The molecule has 1 atom stereocenters. The summed E-state index contributed by atoms with van der Waals surface area (Å²) in [4.78, 5) is 21.8. The Morgan fingerprint density at radius 3 is 2.85 bits per heavy atom. The maximum Gasteiger partial charge on any atom is 0.286 e. The molecule has 0 bridgehead atoms. The second-order valence-electron chi connectivity index (χ2n) is 2.80. The largest absolute Gasteiger partial charge is 0.488 e. The van der Waals surface area contributed by atoms with Crippen LogP contribution in [0.25, 0.3) is 0 Å². The van der Waals surface area contributed by atoms with E-state index in [1.807, 2.05) is 0 Å². The maximum atomic E-state index is 11.2. The normalized spacial score (nSPS) is 17.2. The van der Waals surface area contributed by atoms with Gasteiger partial charge in [0.2, 0.25) is 5.91 Å². The van der Waals surface area contributed by atoms with Crippen molar-refractivity contribution in [3.8, 4) is 0 Å². The Hall–Kier alpha value is -1.52. The minimum Gasteiger partial charge on any atom is -0.488 e. The monoisotopic (exact) mass is 184 g/mol. The van der Waals surface area contributed by atoms with E-state index in [2.05, 4.69) is 5.32 Å². The summed E-state index contributed by atoms with van der Waals surface area (Å²) in [5, 5.41) is 2.41. The Morgan fingerprint density at radius 1 is 1.69 bits per heavy atom. The zero-order valence-corrected chi connectivity index (χ0v) is 7.37. The third kappa shape index (κ3) is 2.47. The van der Waals surface area contributed by atoms with Gasteiger partial charge >= 0.3 is 0 Å². The van der Waals surface area contributed by atoms with Crippen LogP contribution in [0.5, 0.6) is 0 Å². The molecular weight excluding hydrogens is 172 g/mol. The highest BCUT2D eigenvalue weighted by atomic mass is 16.5. The Morgan fingerprint density at radius 2 is 2.38 bits per heavy atom. The molecule has 1 aliphatic heterocycles. The zero-order chi connectivity index (χ0) is 9.84. The molecule has 5 nitrogen and oxygen atoms in total. The lowest BCUT2D eigenvalue weighted by molar-refractivity contribution is -0.126. The number of carbonyl (C=O) groups excluding carboxylic acids is 2. The van der Waals surface area contributed by atoms with Crippen molar-refractivity contribution in [3.05, 3.63) is 11.8 Å². The molecule has 0 radical (unpaired) electrons. The zero-order valence-electron chi connectivity index (χ0n) is 7.37. The molecule has 0 fully saturated rings. The van der Waals surface area contributed by atoms with Crippen LogP contribution in [-0.4, -0.2) is 24.5 Å². The van der Waals surface area contributed by atoms with Crippen molar-refractivity contribution in [2.45, 2.75) is 19.4 Å². The topological polar surface area (TPSA) is 81.4 Å². The average Bonchev–Trinajstić information content (AvgIpc) is 2.55. The third-order valence-electron chi connectivity index (χ3n) is 1.70. The molecule has 5 heteroatoms. The molecule has 0 aromatic rings. The number of carbonyl (C=O) groups is 2. The van der Waals surface area contributed by atoms with Crippen molar-refractivity contribution < 1.29 is 14.3 Å². The number of nitrogens with one attached hydrogen (secondary N) is 1. The summed E-state index contributed by atoms with van der Waals surface area (Å²) in [6.07, 6.45) is 2.41. The predicted molar refractivity (Wildman–Crippen MR) is 45.5 cm³/mol. The van der Waals surface area contributed by atoms with Crippen LogP contribution in [0.1, 0.15) is 13.3 Å². The Balaban J connectivity index is 2.45. The van der Waals surface area contributed by atoms with Gasteiger partial charge in [-0.1, -0.05) is 0 Å². The summed E-state index contributed by atoms with van der Waals surface area (Å²) in [5.74, 6) is -0.677. The molecule has 0 saturated carbocycles. The van der Waals surface area contributed by atoms with Crippen LogP contribution < -0.4 is 11.1 Å². The fourth-order valence-electron chi connectivity index (χ4n) is 0.915. The van der Waals surface area contributed by atoms with Crippen LogP contribution in [0.2, 0.25) is 0 Å². The maximum absolute atomic E-state index is 11.2. The molecule has 0 spiro atoms. The lowest BCUT2D eigenvalue weighted by atomic mass is 10.3. The van der Waals surface area contributed by atoms with E-state index >= 15 is 0 Å². The SMILES string of the molecule is CC(NC(=O)C1=CCCO1)C(N)=O. The van der Waals surface area contributed by atoms with E-state index in [9.17, 15) is 9.59 Å². The first-order valence-electron chi connectivity index (χ1n) is 4.04. The molecule has 13 heavy (non-hydrogen) atoms. The molecule has 72 valence electrons. The second-order valence-corrected chi connectivity index (χ2v) is 2.80. The van der Waals surface area contributed by atoms with Gasteiger partial charge in [0.05, 0.1) is 6.61 Å². The Labute approximate surface area is 75.9 Å². The van der Waals surface area contributed by atoms with Crippen LogP contribution in [0.15, 0.2) is 11.8 Å². The van der Waals surface area contributed by atoms with E-state index < -0.39 is 11.9 Å². The van der Waals surface area contributed by atoms with Gasteiger partial charge in [0.1, 0.15) is 6.04 Å². The molecule has 0 aromatic heterocycles. The van der Waals surface area contributed by atoms with E-state index in [0.29, 0.717) is 6.61 Å². The summed E-state index contributed by atoms with van der Waals surface area (Å²) in [5.41, 5.74) is 4.97. The fraction of sp³-hybridized carbons (Fsp3) is 0.500. The van der Waals surface area contributed by atoms with Gasteiger partial charge in [-0.3, -0.25) is 9.59 Å². The van der Waals surface area contributed by atoms with Gasteiger partial charge < -0.3 is 15.8 Å². The molecule has 0 saturated heterocycles. The molecule has 1 aliphatic rings. The van der Waals surface area contributed by atoms with Gasteiger partial charge in [-0.25, -0.2) is 0 Å². The molecule has 0 aromatic carbocycles. The van der Waals surface area contributed by atoms with Crippen molar-refractivity contribution in [2.75, 3.05) is 6.61 Å². The first kappa shape index (κ1) is 9.57. The summed E-state index contributed by atoms with van der Waals surface area (Å²) in [6.45, 7) is 2.05. The molecule has 2 amide bonds. The number of primary amides is 1. The first-order chi connectivity index (χ1) is 6.11. The standard InChI is InChI=1S/C8H12N2O3/c1-5(7(9)11)10-8(12)6-3-2-4-13-6/h3,5H,2,4H2,1H3,(H2,9,11)(H,10,12). The minimum absolute atomic E-state index is 0.271. The molecule has 3 N–H and O–H groups in total. The number of hydrogen-bond acceptors (Lipinski definition) is 3. The molecule has 1 unspecified atom stereocenters. The quantitative estimate of drug-likeness (QED) is 0.607. The van der Waals surface area contributed by atoms with Gasteiger partial charge in [-0.15, -0.1) is 0 Å². The lowest BCUT2D eigenvalue weighted by Crippen LogP contribution is -2.42. The summed E-state index contributed by atoms with van der Waals surface area (Å²) < 4.78 is 4.99. The number of hydrogen-bond donors (Lipinski definition) is 2. The summed E-state index contributed by atoms with van der Waals surface area (Å²) in [7, 11) is 0. The molecular formula is C8H12N2O3. The van der Waals surface area contributed by atoms with E-state index in [1.54, 1.807) is 6.08 Å². The van der Waals surface area contributed by atoms with Gasteiger partial charge in [-0.2, -0.15) is 0 Å². The minimum atomic E-state index is -0.669. The van der Waals surface area contributed by atoms with Gasteiger partial charge in [0.15, 0.2) is 5.76 Å². The summed E-state index contributed by atoms with van der Waals surface area (Å²) in [6, 6.07) is -0.669. The highest BCUT2D eigenvalue weighted by molar-refractivity contribution is 5.95. The molecule has 1 rings (SSSR count). The third-order valence-corrected chi connectivity index (χ3v) is 1.70. The highest BCUT2D eigenvalue weighted by Gasteiger charge is 2.18. The van der Waals surface area contributed by atoms with Gasteiger partial charge in [0.25, 0.3) is 5.91 Å². The van der Waals surface area contributed by atoms with Crippen molar-refractivity contribution in [1.82, 2.24) is 5.32 Å². The number of nitrogens with two attached hydrogens (primary N) is 1. The van der Waals surface area contributed by atoms with Gasteiger partial charge in [0, 0.05) is 6.42 Å². The van der Waals surface area contributed by atoms with Crippen molar-refractivity contribution >= 4 is 11.8 Å². The smallest absolute Gasteiger partial charge is 0.286 e. The first-order valence-corrected chi connectivity index (χ1v) is 4.04. The van der Waals surface area contributed by atoms with Crippen LogP contribution in [0.3, 0.4) is 0 Å². The molecule has 0 aliphatic carbocycles. The number of rotatable bonds is 3. The lowest BCUT2D eigenvalue weighted by Gasteiger charge is -2.10. The van der Waals surface area contributed by atoms with Crippen LogP contribution in [-0.2, 0) is 14.3 Å². The summed E-state index contributed by atoms with van der Waals surface area (Å²) >= 11 is 0. The fourth-order valence-corrected chi connectivity index (χ4v) is 0.915. The van der Waals surface area contributed by atoms with E-state index in [-0.39, 0.29) is 11.7 Å². The van der Waals surface area contributed by atoms with Crippen molar-refractivity contribution in [3.63, 3.8) is 0 Å². The van der Waals surface area contributed by atoms with Gasteiger partial charge in [-0.05, 0) is 13.0 Å². The number of ether oxygens (including phenoxy) is 1.